The number of rotatable bonds is 7. The fourth-order valence-electron chi connectivity index (χ4n) is 1.97. The van der Waals surface area contributed by atoms with Crippen molar-refractivity contribution in [1.82, 2.24) is 4.98 Å². The van der Waals surface area contributed by atoms with Crippen LogP contribution in [0.4, 0.5) is 0 Å². The van der Waals surface area contributed by atoms with Gasteiger partial charge in [0.2, 0.25) is 5.88 Å². The Balaban J connectivity index is 3.12. The number of ketones is 1. The number of allylic oxidation sites excluding steroid dienone is 3. The van der Waals surface area contributed by atoms with Crippen LogP contribution in [-0.4, -0.2) is 17.9 Å². The Labute approximate surface area is 137 Å². The molecule has 0 saturated carbocycles. The first kappa shape index (κ1) is 18.5. The van der Waals surface area contributed by atoms with E-state index in [0.717, 1.165) is 27.4 Å². The van der Waals surface area contributed by atoms with Crippen LogP contribution in [0.5, 0.6) is 5.88 Å². The molecule has 0 aromatic carbocycles. The molecular weight excluding hydrogens is 294 g/mol. The minimum Gasteiger partial charge on any atom is -0.481 e. The summed E-state index contributed by atoms with van der Waals surface area (Å²) in [5, 5.41) is 0. The van der Waals surface area contributed by atoms with E-state index in [9.17, 15) is 4.79 Å². The van der Waals surface area contributed by atoms with E-state index in [2.05, 4.69) is 18.0 Å². The minimum atomic E-state index is -0.00250. The van der Waals surface area contributed by atoms with Gasteiger partial charge in [0.05, 0.1) is 12.0 Å². The topological polar surface area (TPSA) is 39.2 Å². The standard InChI is InChI=1S/C18H25NO2S/c1-7-9-16(22-15(8-2)17(20)12(3)4)14-10-13(5)18(21-6)19-11-14/h8-12H,7H2,1-6H3/b15-8-,16-9+. The molecule has 3 nitrogen and oxygen atoms in total. The number of pyridine rings is 1. The van der Waals surface area contributed by atoms with Crippen molar-refractivity contribution in [3.63, 3.8) is 0 Å². The summed E-state index contributed by atoms with van der Waals surface area (Å²) in [5.41, 5.74) is 2.00. The molecule has 0 N–H and O–H groups in total. The van der Waals surface area contributed by atoms with Crippen LogP contribution in [-0.2, 0) is 4.79 Å². The molecule has 0 amide bonds. The van der Waals surface area contributed by atoms with Gasteiger partial charge in [0.25, 0.3) is 0 Å². The third-order valence-electron chi connectivity index (χ3n) is 3.15. The average Bonchev–Trinajstić information content (AvgIpc) is 2.50. The molecule has 0 radical (unpaired) electrons. The predicted molar refractivity (Wildman–Crippen MR) is 95.0 cm³/mol. The highest BCUT2D eigenvalue weighted by Gasteiger charge is 2.16. The lowest BCUT2D eigenvalue weighted by atomic mass is 10.1. The Morgan fingerprint density at radius 2 is 2.14 bits per heavy atom. The van der Waals surface area contributed by atoms with E-state index in [1.165, 1.54) is 11.8 Å². The summed E-state index contributed by atoms with van der Waals surface area (Å²) in [6, 6.07) is 2.05. The van der Waals surface area contributed by atoms with Crippen LogP contribution in [0.15, 0.2) is 29.3 Å². The van der Waals surface area contributed by atoms with Gasteiger partial charge in [-0.3, -0.25) is 4.79 Å². The second kappa shape index (κ2) is 8.79. The van der Waals surface area contributed by atoms with E-state index >= 15 is 0 Å². The number of aromatic nitrogens is 1. The van der Waals surface area contributed by atoms with E-state index < -0.39 is 0 Å². The van der Waals surface area contributed by atoms with Crippen molar-refractivity contribution in [3.05, 3.63) is 40.4 Å². The van der Waals surface area contributed by atoms with Gasteiger partial charge in [0.1, 0.15) is 0 Å². The summed E-state index contributed by atoms with van der Waals surface area (Å²) in [5.74, 6) is 0.805. The van der Waals surface area contributed by atoms with Crippen LogP contribution >= 0.6 is 11.8 Å². The third-order valence-corrected chi connectivity index (χ3v) is 4.43. The fraction of sp³-hybridized carbons (Fsp3) is 0.444. The Kier molecular flexibility index (Phi) is 7.39. The highest BCUT2D eigenvalue weighted by molar-refractivity contribution is 8.12. The first-order valence-corrected chi connectivity index (χ1v) is 8.35. The molecule has 0 aliphatic heterocycles. The van der Waals surface area contributed by atoms with E-state index in [1.54, 1.807) is 13.3 Å². The molecule has 4 heteroatoms. The lowest BCUT2D eigenvalue weighted by Crippen LogP contribution is -2.08. The zero-order chi connectivity index (χ0) is 16.7. The molecule has 0 spiro atoms. The van der Waals surface area contributed by atoms with Crippen LogP contribution in [0.1, 0.15) is 45.2 Å². The van der Waals surface area contributed by atoms with Gasteiger partial charge >= 0.3 is 0 Å². The molecule has 0 aliphatic rings. The Morgan fingerprint density at radius 3 is 2.59 bits per heavy atom. The van der Waals surface area contributed by atoms with E-state index in [1.807, 2.05) is 39.8 Å². The second-order valence-electron chi connectivity index (χ2n) is 5.30. The Morgan fingerprint density at radius 1 is 1.45 bits per heavy atom. The van der Waals surface area contributed by atoms with Crippen molar-refractivity contribution in [2.45, 2.75) is 41.0 Å². The molecule has 1 aromatic heterocycles. The average molecular weight is 319 g/mol. The summed E-state index contributed by atoms with van der Waals surface area (Å²) in [7, 11) is 1.62. The molecule has 120 valence electrons. The molecule has 0 fully saturated rings. The maximum atomic E-state index is 12.3. The van der Waals surface area contributed by atoms with Crippen molar-refractivity contribution in [3.8, 4) is 5.88 Å². The molecule has 1 aromatic rings. The van der Waals surface area contributed by atoms with Gasteiger partial charge < -0.3 is 4.74 Å². The zero-order valence-electron chi connectivity index (χ0n) is 14.3. The second-order valence-corrected chi connectivity index (χ2v) is 6.38. The predicted octanol–water partition coefficient (Wildman–Crippen LogP) is 5.01. The number of nitrogens with zero attached hydrogens (tertiary/aromatic N) is 1. The molecule has 0 unspecified atom stereocenters. The summed E-state index contributed by atoms with van der Waals surface area (Å²) >= 11 is 1.52. The first-order valence-electron chi connectivity index (χ1n) is 7.54. The smallest absolute Gasteiger partial charge is 0.215 e. The maximum absolute atomic E-state index is 12.3. The van der Waals surface area contributed by atoms with Crippen LogP contribution in [0.3, 0.4) is 0 Å². The molecular formula is C18H25NO2S. The van der Waals surface area contributed by atoms with Gasteiger partial charge in [-0.15, -0.1) is 0 Å². The molecule has 0 atom stereocenters. The minimum absolute atomic E-state index is 0.00250. The Hall–Kier alpha value is -1.55. The van der Waals surface area contributed by atoms with Gasteiger partial charge in [0.15, 0.2) is 5.78 Å². The van der Waals surface area contributed by atoms with Gasteiger partial charge in [-0.2, -0.15) is 0 Å². The lowest BCUT2D eigenvalue weighted by Gasteiger charge is -2.13. The summed E-state index contributed by atoms with van der Waals surface area (Å²) in [6.45, 7) is 9.82. The first-order chi connectivity index (χ1) is 10.4. The highest BCUT2D eigenvalue weighted by atomic mass is 32.2. The molecule has 0 saturated heterocycles. The van der Waals surface area contributed by atoms with Gasteiger partial charge in [0, 0.05) is 28.1 Å². The highest BCUT2D eigenvalue weighted by Crippen LogP contribution is 2.36. The molecule has 1 rings (SSSR count). The number of hydrogen-bond donors (Lipinski definition) is 0. The van der Waals surface area contributed by atoms with Crippen molar-refractivity contribution < 1.29 is 9.53 Å². The molecule has 0 bridgehead atoms. The zero-order valence-corrected chi connectivity index (χ0v) is 15.1. The van der Waals surface area contributed by atoms with Crippen molar-refractivity contribution in [2.75, 3.05) is 7.11 Å². The molecule has 22 heavy (non-hydrogen) atoms. The normalized spacial score (nSPS) is 12.7. The number of Topliss-reactive ketones (excluding diaryl/α,β-unsaturated/α-hetero) is 1. The quantitative estimate of drug-likeness (QED) is 0.662. The number of carbonyl (C=O) groups excluding carboxylic acids is 1. The van der Waals surface area contributed by atoms with Gasteiger partial charge in [-0.1, -0.05) is 44.7 Å². The number of ether oxygens (including phenoxy) is 1. The van der Waals surface area contributed by atoms with Crippen molar-refractivity contribution in [2.24, 2.45) is 5.92 Å². The fourth-order valence-corrected chi connectivity index (χ4v) is 3.14. The summed E-state index contributed by atoms with van der Waals surface area (Å²) in [4.78, 5) is 18.4. The van der Waals surface area contributed by atoms with Gasteiger partial charge in [-0.05, 0) is 26.3 Å². The maximum Gasteiger partial charge on any atom is 0.215 e. The monoisotopic (exact) mass is 319 g/mol. The van der Waals surface area contributed by atoms with Crippen molar-refractivity contribution >= 4 is 22.5 Å². The van der Waals surface area contributed by atoms with Crippen LogP contribution in [0, 0.1) is 12.8 Å². The van der Waals surface area contributed by atoms with E-state index in [0.29, 0.717) is 5.88 Å². The number of carbonyl (C=O) groups is 1. The van der Waals surface area contributed by atoms with Crippen LogP contribution in [0.25, 0.3) is 4.91 Å². The van der Waals surface area contributed by atoms with Crippen LogP contribution in [0.2, 0.25) is 0 Å². The largest absolute Gasteiger partial charge is 0.481 e. The Bertz CT molecular complexity index is 589. The van der Waals surface area contributed by atoms with E-state index in [-0.39, 0.29) is 11.7 Å². The van der Waals surface area contributed by atoms with Crippen molar-refractivity contribution in [1.29, 1.82) is 0 Å². The molecule has 1 heterocycles. The lowest BCUT2D eigenvalue weighted by molar-refractivity contribution is -0.117. The summed E-state index contributed by atoms with van der Waals surface area (Å²) in [6.07, 6.45) is 6.72. The molecule has 0 aliphatic carbocycles. The number of thioether (sulfide) groups is 1. The number of aryl methyl sites for hydroxylation is 1. The summed E-state index contributed by atoms with van der Waals surface area (Å²) < 4.78 is 5.21. The number of methoxy groups -OCH3 is 1. The van der Waals surface area contributed by atoms with Gasteiger partial charge in [-0.25, -0.2) is 4.98 Å². The van der Waals surface area contributed by atoms with E-state index in [4.69, 9.17) is 4.74 Å². The van der Waals surface area contributed by atoms with Crippen LogP contribution < -0.4 is 4.74 Å². The SMILES string of the molecule is C/C=C(\S/C(=C/CC)c1cnc(OC)c(C)c1)C(=O)C(C)C. The third kappa shape index (κ3) is 4.73. The number of hydrogen-bond acceptors (Lipinski definition) is 4.